The number of sulfone groups is 1. The molecular formula is C21H25N5O6S. The van der Waals surface area contributed by atoms with Crippen LogP contribution < -0.4 is 5.32 Å². The van der Waals surface area contributed by atoms with E-state index in [-0.39, 0.29) is 33.9 Å². The zero-order chi connectivity index (χ0) is 24.5. The molecule has 176 valence electrons. The SMILES string of the molecule is COC(=O)c1cc2nc([C@H](Nc3ncc(C(=O)OC)c(C)n3)C(C)C)[nH]c2cc1S(C)(=O)=O. The van der Waals surface area contributed by atoms with Crippen molar-refractivity contribution in [3.63, 3.8) is 0 Å². The van der Waals surface area contributed by atoms with E-state index >= 15 is 0 Å². The van der Waals surface area contributed by atoms with E-state index in [1.165, 1.54) is 32.5 Å². The molecule has 1 aromatic carbocycles. The van der Waals surface area contributed by atoms with Crippen molar-refractivity contribution >= 4 is 38.8 Å². The van der Waals surface area contributed by atoms with E-state index in [1.54, 1.807) is 6.92 Å². The van der Waals surface area contributed by atoms with Crippen LogP contribution in [-0.4, -0.2) is 60.8 Å². The molecule has 3 rings (SSSR count). The van der Waals surface area contributed by atoms with Gasteiger partial charge in [-0.2, -0.15) is 0 Å². The number of aromatic amines is 1. The number of aryl methyl sites for hydroxylation is 1. The van der Waals surface area contributed by atoms with Gasteiger partial charge in [0.05, 0.1) is 53.0 Å². The summed E-state index contributed by atoms with van der Waals surface area (Å²) >= 11 is 0. The average molecular weight is 476 g/mol. The number of esters is 2. The lowest BCUT2D eigenvalue weighted by Crippen LogP contribution is -2.20. The van der Waals surface area contributed by atoms with Crippen molar-refractivity contribution in [1.82, 2.24) is 19.9 Å². The van der Waals surface area contributed by atoms with Gasteiger partial charge in [-0.3, -0.25) is 0 Å². The fourth-order valence-corrected chi connectivity index (χ4v) is 4.19. The first-order valence-electron chi connectivity index (χ1n) is 9.96. The maximum atomic E-state index is 12.2. The van der Waals surface area contributed by atoms with Crippen molar-refractivity contribution in [2.24, 2.45) is 5.92 Å². The van der Waals surface area contributed by atoms with Gasteiger partial charge in [-0.15, -0.1) is 0 Å². The largest absolute Gasteiger partial charge is 0.465 e. The number of carbonyl (C=O) groups is 2. The number of benzene rings is 1. The summed E-state index contributed by atoms with van der Waals surface area (Å²) < 4.78 is 33.9. The lowest BCUT2D eigenvalue weighted by molar-refractivity contribution is 0.0588. The van der Waals surface area contributed by atoms with E-state index in [2.05, 4.69) is 25.3 Å². The minimum Gasteiger partial charge on any atom is -0.465 e. The van der Waals surface area contributed by atoms with E-state index in [0.717, 1.165) is 6.26 Å². The second kappa shape index (κ2) is 9.14. The van der Waals surface area contributed by atoms with Crippen LogP contribution in [0.1, 0.15) is 52.1 Å². The van der Waals surface area contributed by atoms with Gasteiger partial charge in [0.25, 0.3) is 0 Å². The third-order valence-electron chi connectivity index (χ3n) is 5.04. The number of aromatic nitrogens is 4. The summed E-state index contributed by atoms with van der Waals surface area (Å²) in [4.78, 5) is 40.0. The molecule has 0 fully saturated rings. The number of hydrogen-bond donors (Lipinski definition) is 2. The highest BCUT2D eigenvalue weighted by molar-refractivity contribution is 7.90. The summed E-state index contributed by atoms with van der Waals surface area (Å²) in [6.07, 6.45) is 2.40. The minimum atomic E-state index is -3.70. The fourth-order valence-electron chi connectivity index (χ4n) is 3.32. The van der Waals surface area contributed by atoms with Crippen molar-refractivity contribution in [2.45, 2.75) is 31.7 Å². The Morgan fingerprint density at radius 2 is 1.70 bits per heavy atom. The smallest absolute Gasteiger partial charge is 0.341 e. The molecule has 1 atom stereocenters. The van der Waals surface area contributed by atoms with Crippen molar-refractivity contribution in [2.75, 3.05) is 25.8 Å². The second-order valence-corrected chi connectivity index (χ2v) is 9.79. The molecule has 0 unspecified atom stereocenters. The average Bonchev–Trinajstić information content (AvgIpc) is 3.17. The maximum Gasteiger partial charge on any atom is 0.341 e. The summed E-state index contributed by atoms with van der Waals surface area (Å²) in [6.45, 7) is 5.59. The monoisotopic (exact) mass is 475 g/mol. The van der Waals surface area contributed by atoms with Crippen LogP contribution >= 0.6 is 0 Å². The normalized spacial score (nSPS) is 12.6. The van der Waals surface area contributed by atoms with Gasteiger partial charge in [0.15, 0.2) is 9.84 Å². The van der Waals surface area contributed by atoms with E-state index in [9.17, 15) is 18.0 Å². The molecule has 0 aliphatic carbocycles. The summed E-state index contributed by atoms with van der Waals surface area (Å²) in [5, 5.41) is 3.20. The molecule has 0 bridgehead atoms. The number of rotatable bonds is 7. The maximum absolute atomic E-state index is 12.2. The zero-order valence-corrected chi connectivity index (χ0v) is 19.9. The first-order valence-corrected chi connectivity index (χ1v) is 11.9. The molecule has 0 saturated heterocycles. The van der Waals surface area contributed by atoms with Gasteiger partial charge in [0.2, 0.25) is 5.95 Å². The van der Waals surface area contributed by atoms with Crippen molar-refractivity contribution < 1.29 is 27.5 Å². The number of H-pyrrole nitrogens is 1. The van der Waals surface area contributed by atoms with Crippen molar-refractivity contribution in [1.29, 1.82) is 0 Å². The molecule has 2 heterocycles. The molecule has 0 spiro atoms. The number of ether oxygens (including phenoxy) is 2. The lowest BCUT2D eigenvalue weighted by Gasteiger charge is -2.20. The standard InChI is InChI=1S/C21H25N5O6S/c1-10(2)17(26-21-22-9-13(11(3)23-21)20(28)32-5)18-24-14-7-12(19(27)31-4)16(33(6,29)30)8-15(14)25-18/h7-10,17H,1-6H3,(H,24,25)(H,22,23,26)/t17-/m1/s1. The first-order chi connectivity index (χ1) is 15.5. The molecule has 33 heavy (non-hydrogen) atoms. The molecule has 12 heteroatoms. The Kier molecular flexibility index (Phi) is 6.68. The molecule has 0 radical (unpaired) electrons. The Bertz CT molecular complexity index is 1330. The van der Waals surface area contributed by atoms with Crippen LogP contribution in [0.5, 0.6) is 0 Å². The van der Waals surface area contributed by atoms with Crippen molar-refractivity contribution in [3.8, 4) is 0 Å². The molecule has 3 aromatic rings. The topological polar surface area (TPSA) is 153 Å². The Morgan fingerprint density at radius 3 is 2.24 bits per heavy atom. The molecular weight excluding hydrogens is 450 g/mol. The number of anilines is 1. The van der Waals surface area contributed by atoms with Gasteiger partial charge >= 0.3 is 11.9 Å². The molecule has 0 aliphatic heterocycles. The van der Waals surface area contributed by atoms with E-state index in [1.807, 2.05) is 13.8 Å². The van der Waals surface area contributed by atoms with E-state index in [0.29, 0.717) is 22.6 Å². The first kappa shape index (κ1) is 24.1. The van der Waals surface area contributed by atoms with Crippen LogP contribution in [0.15, 0.2) is 23.2 Å². The van der Waals surface area contributed by atoms with Gasteiger partial charge in [0, 0.05) is 12.5 Å². The number of fused-ring (bicyclic) bond motifs is 1. The second-order valence-electron chi connectivity index (χ2n) is 7.80. The van der Waals surface area contributed by atoms with Crippen LogP contribution in [0.25, 0.3) is 11.0 Å². The molecule has 2 N–H and O–H groups in total. The van der Waals surface area contributed by atoms with Crippen LogP contribution in [0.4, 0.5) is 5.95 Å². The molecule has 0 saturated carbocycles. The highest BCUT2D eigenvalue weighted by Crippen LogP contribution is 2.28. The Morgan fingerprint density at radius 1 is 1.06 bits per heavy atom. The molecule has 0 amide bonds. The van der Waals surface area contributed by atoms with Gasteiger partial charge in [-0.25, -0.2) is 33.0 Å². The number of hydrogen-bond acceptors (Lipinski definition) is 10. The van der Waals surface area contributed by atoms with Gasteiger partial charge in [0.1, 0.15) is 5.82 Å². The Labute approximate surface area is 190 Å². The van der Waals surface area contributed by atoms with Crippen molar-refractivity contribution in [3.05, 3.63) is 41.0 Å². The zero-order valence-electron chi connectivity index (χ0n) is 19.1. The molecule has 2 aromatic heterocycles. The fraction of sp³-hybridized carbons (Fsp3) is 0.381. The number of carbonyl (C=O) groups excluding carboxylic acids is 2. The number of nitrogens with zero attached hydrogens (tertiary/aromatic N) is 3. The highest BCUT2D eigenvalue weighted by Gasteiger charge is 2.25. The molecule has 11 nitrogen and oxygen atoms in total. The van der Waals surface area contributed by atoms with Crippen LogP contribution in [0.3, 0.4) is 0 Å². The van der Waals surface area contributed by atoms with E-state index in [4.69, 9.17) is 9.47 Å². The van der Waals surface area contributed by atoms with Crippen LogP contribution in [0, 0.1) is 12.8 Å². The summed E-state index contributed by atoms with van der Waals surface area (Å²) in [5.74, 6) is -0.495. The third kappa shape index (κ3) is 4.95. The van der Waals surface area contributed by atoms with Gasteiger partial charge < -0.3 is 19.8 Å². The minimum absolute atomic E-state index is 0.0178. The van der Waals surface area contributed by atoms with Crippen LogP contribution in [0.2, 0.25) is 0 Å². The number of methoxy groups -OCH3 is 2. The summed E-state index contributed by atoms with van der Waals surface area (Å²) in [5.41, 5.74) is 1.48. The predicted molar refractivity (Wildman–Crippen MR) is 120 cm³/mol. The van der Waals surface area contributed by atoms with Gasteiger partial charge in [-0.05, 0) is 25.0 Å². The van der Waals surface area contributed by atoms with Crippen LogP contribution in [-0.2, 0) is 19.3 Å². The number of nitrogens with one attached hydrogen (secondary N) is 2. The summed E-state index contributed by atoms with van der Waals surface area (Å²) in [6, 6.07) is 2.38. The lowest BCUT2D eigenvalue weighted by atomic mass is 10.0. The third-order valence-corrected chi connectivity index (χ3v) is 6.17. The molecule has 0 aliphatic rings. The Balaban J connectivity index is 2.04. The Hall–Kier alpha value is -3.54. The highest BCUT2D eigenvalue weighted by atomic mass is 32.2. The van der Waals surface area contributed by atoms with E-state index < -0.39 is 21.8 Å². The van der Waals surface area contributed by atoms with Gasteiger partial charge in [-0.1, -0.05) is 13.8 Å². The predicted octanol–water partition coefficient (Wildman–Crippen LogP) is 2.45. The summed E-state index contributed by atoms with van der Waals surface area (Å²) in [7, 11) is -1.23. The number of imidazole rings is 1. The quantitative estimate of drug-likeness (QED) is 0.487.